The lowest BCUT2D eigenvalue weighted by Gasteiger charge is -2.32. The van der Waals surface area contributed by atoms with Gasteiger partial charge in [-0.25, -0.2) is 0 Å². The molecule has 0 N–H and O–H groups in total. The standard InChI is InChI=1S/C24H32N2O5/c1-16-22(17(2)31-25-16)15-29-21-12-10-19(11-13-21)14-23(27)30-18(3)24(28)26(4)20-8-6-5-7-9-20/h10-13,18,20H,5-9,14-15H2,1-4H3/t18-/m1/s1. The summed E-state index contributed by atoms with van der Waals surface area (Å²) in [6, 6.07) is 7.52. The van der Waals surface area contributed by atoms with Crippen molar-refractivity contribution in [3.63, 3.8) is 0 Å². The molecule has 1 aliphatic carbocycles. The van der Waals surface area contributed by atoms with E-state index in [-0.39, 0.29) is 18.4 Å². The van der Waals surface area contributed by atoms with Crippen molar-refractivity contribution in [1.29, 1.82) is 0 Å². The smallest absolute Gasteiger partial charge is 0.311 e. The Bertz CT molecular complexity index is 864. The summed E-state index contributed by atoms with van der Waals surface area (Å²) in [4.78, 5) is 26.7. The number of nitrogens with zero attached hydrogens (tertiary/aromatic N) is 2. The third-order valence-corrected chi connectivity index (χ3v) is 5.96. The lowest BCUT2D eigenvalue weighted by Crippen LogP contribution is -2.44. The van der Waals surface area contributed by atoms with Gasteiger partial charge in [-0.15, -0.1) is 0 Å². The molecule has 1 heterocycles. The fourth-order valence-corrected chi connectivity index (χ4v) is 3.96. The number of esters is 1. The zero-order valence-corrected chi connectivity index (χ0v) is 18.8. The Morgan fingerprint density at radius 2 is 1.84 bits per heavy atom. The van der Waals surface area contributed by atoms with Crippen LogP contribution in [0.15, 0.2) is 28.8 Å². The predicted octanol–water partition coefficient (Wildman–Crippen LogP) is 4.14. The van der Waals surface area contributed by atoms with Gasteiger partial charge in [0.2, 0.25) is 0 Å². The molecule has 1 atom stereocenters. The van der Waals surface area contributed by atoms with Crippen LogP contribution in [0.25, 0.3) is 0 Å². The van der Waals surface area contributed by atoms with Gasteiger partial charge in [0.05, 0.1) is 17.7 Å². The molecule has 31 heavy (non-hydrogen) atoms. The van der Waals surface area contributed by atoms with Gasteiger partial charge in [-0.3, -0.25) is 9.59 Å². The number of carbonyl (C=O) groups excluding carboxylic acids is 2. The zero-order chi connectivity index (χ0) is 22.4. The van der Waals surface area contributed by atoms with Crippen LogP contribution < -0.4 is 4.74 Å². The average Bonchev–Trinajstić information content (AvgIpc) is 3.10. The first-order valence-corrected chi connectivity index (χ1v) is 10.9. The highest BCUT2D eigenvalue weighted by molar-refractivity contribution is 5.84. The minimum Gasteiger partial charge on any atom is -0.489 e. The number of benzene rings is 1. The molecule has 0 radical (unpaired) electrons. The molecular formula is C24H32N2O5. The van der Waals surface area contributed by atoms with Crippen LogP contribution in [0.3, 0.4) is 0 Å². The fraction of sp³-hybridized carbons (Fsp3) is 0.542. The van der Waals surface area contributed by atoms with Crippen molar-refractivity contribution in [2.75, 3.05) is 7.05 Å². The number of rotatable bonds is 8. The van der Waals surface area contributed by atoms with E-state index in [1.54, 1.807) is 11.8 Å². The molecule has 0 bridgehead atoms. The maximum Gasteiger partial charge on any atom is 0.311 e. The molecule has 1 aromatic carbocycles. The van der Waals surface area contributed by atoms with E-state index in [9.17, 15) is 9.59 Å². The largest absolute Gasteiger partial charge is 0.489 e. The minimum absolute atomic E-state index is 0.106. The van der Waals surface area contributed by atoms with Gasteiger partial charge in [-0.05, 0) is 51.3 Å². The summed E-state index contributed by atoms with van der Waals surface area (Å²) >= 11 is 0. The monoisotopic (exact) mass is 428 g/mol. The molecule has 0 saturated heterocycles. The van der Waals surface area contributed by atoms with E-state index in [4.69, 9.17) is 14.0 Å². The first kappa shape index (κ1) is 22.8. The number of hydrogen-bond donors (Lipinski definition) is 0. The molecule has 168 valence electrons. The normalized spacial score (nSPS) is 15.4. The van der Waals surface area contributed by atoms with Crippen molar-refractivity contribution >= 4 is 11.9 Å². The molecule has 0 unspecified atom stereocenters. The average molecular weight is 429 g/mol. The quantitative estimate of drug-likeness (QED) is 0.588. The minimum atomic E-state index is -0.780. The summed E-state index contributed by atoms with van der Waals surface area (Å²) in [6.07, 6.45) is 4.89. The Kier molecular flexibility index (Phi) is 7.71. The number of likely N-dealkylation sites (N-methyl/N-ethyl adjacent to an activating group) is 1. The molecule has 1 saturated carbocycles. The summed E-state index contributed by atoms with van der Waals surface area (Å²) in [5, 5.41) is 3.91. The highest BCUT2D eigenvalue weighted by Gasteiger charge is 2.27. The maximum absolute atomic E-state index is 12.6. The topological polar surface area (TPSA) is 81.9 Å². The Hall–Kier alpha value is -2.83. The lowest BCUT2D eigenvalue weighted by atomic mass is 9.94. The Balaban J connectivity index is 1.46. The molecule has 2 aromatic rings. The molecule has 1 aliphatic rings. The summed E-state index contributed by atoms with van der Waals surface area (Å²) in [5.41, 5.74) is 2.55. The summed E-state index contributed by atoms with van der Waals surface area (Å²) < 4.78 is 16.3. The van der Waals surface area contributed by atoms with Gasteiger partial charge in [0.15, 0.2) is 6.10 Å². The Labute approximate surface area is 183 Å². The van der Waals surface area contributed by atoms with E-state index in [0.717, 1.165) is 48.3 Å². The van der Waals surface area contributed by atoms with Gasteiger partial charge in [-0.2, -0.15) is 0 Å². The third kappa shape index (κ3) is 6.09. The van der Waals surface area contributed by atoms with Crippen LogP contribution in [0, 0.1) is 13.8 Å². The second-order valence-corrected chi connectivity index (χ2v) is 8.29. The van der Waals surface area contributed by atoms with Gasteiger partial charge in [0, 0.05) is 13.1 Å². The van der Waals surface area contributed by atoms with Crippen LogP contribution in [-0.2, 0) is 27.4 Å². The first-order valence-electron chi connectivity index (χ1n) is 10.9. The van der Waals surface area contributed by atoms with Gasteiger partial charge in [-0.1, -0.05) is 36.6 Å². The van der Waals surface area contributed by atoms with E-state index in [1.807, 2.05) is 45.2 Å². The SMILES string of the molecule is Cc1noc(C)c1COc1ccc(CC(=O)O[C@H](C)C(=O)N(C)C2CCCCC2)cc1. The van der Waals surface area contributed by atoms with Gasteiger partial charge in [0.25, 0.3) is 5.91 Å². The second-order valence-electron chi connectivity index (χ2n) is 8.29. The van der Waals surface area contributed by atoms with Crippen molar-refractivity contribution in [3.05, 3.63) is 46.8 Å². The van der Waals surface area contributed by atoms with Crippen LogP contribution in [-0.4, -0.2) is 41.1 Å². The van der Waals surface area contributed by atoms with E-state index in [0.29, 0.717) is 12.4 Å². The van der Waals surface area contributed by atoms with Crippen molar-refractivity contribution in [2.24, 2.45) is 0 Å². The third-order valence-electron chi connectivity index (χ3n) is 5.96. The Morgan fingerprint density at radius 1 is 1.16 bits per heavy atom. The van der Waals surface area contributed by atoms with Crippen LogP contribution >= 0.6 is 0 Å². The number of amides is 1. The van der Waals surface area contributed by atoms with Crippen LogP contribution in [0.5, 0.6) is 5.75 Å². The molecule has 0 spiro atoms. The summed E-state index contributed by atoms with van der Waals surface area (Å²) in [5.74, 6) is 0.884. The molecule has 1 aromatic heterocycles. The summed E-state index contributed by atoms with van der Waals surface area (Å²) in [7, 11) is 1.81. The number of aryl methyl sites for hydroxylation is 2. The molecule has 7 nitrogen and oxygen atoms in total. The maximum atomic E-state index is 12.6. The second kappa shape index (κ2) is 10.5. The van der Waals surface area contributed by atoms with Crippen LogP contribution in [0.2, 0.25) is 0 Å². The number of carbonyl (C=O) groups is 2. The van der Waals surface area contributed by atoms with Crippen molar-refractivity contribution in [3.8, 4) is 5.75 Å². The predicted molar refractivity (Wildman–Crippen MR) is 116 cm³/mol. The first-order chi connectivity index (χ1) is 14.8. The van der Waals surface area contributed by atoms with Crippen LogP contribution in [0.1, 0.15) is 61.6 Å². The van der Waals surface area contributed by atoms with E-state index >= 15 is 0 Å². The zero-order valence-electron chi connectivity index (χ0n) is 18.8. The molecular weight excluding hydrogens is 396 g/mol. The van der Waals surface area contributed by atoms with Crippen molar-refractivity contribution in [2.45, 2.75) is 78.0 Å². The lowest BCUT2D eigenvalue weighted by molar-refractivity contribution is -0.159. The molecule has 0 aliphatic heterocycles. The molecule has 3 rings (SSSR count). The van der Waals surface area contributed by atoms with Crippen LogP contribution in [0.4, 0.5) is 0 Å². The molecule has 1 amide bonds. The number of aromatic nitrogens is 1. The molecule has 7 heteroatoms. The van der Waals surface area contributed by atoms with Gasteiger partial charge >= 0.3 is 5.97 Å². The highest BCUT2D eigenvalue weighted by atomic mass is 16.5. The molecule has 1 fully saturated rings. The Morgan fingerprint density at radius 3 is 2.45 bits per heavy atom. The fourth-order valence-electron chi connectivity index (χ4n) is 3.96. The van der Waals surface area contributed by atoms with E-state index < -0.39 is 12.1 Å². The summed E-state index contributed by atoms with van der Waals surface area (Å²) in [6.45, 7) is 5.75. The van der Waals surface area contributed by atoms with E-state index in [1.165, 1.54) is 6.42 Å². The highest BCUT2D eigenvalue weighted by Crippen LogP contribution is 2.22. The van der Waals surface area contributed by atoms with Gasteiger partial charge < -0.3 is 18.9 Å². The van der Waals surface area contributed by atoms with Crippen molar-refractivity contribution in [1.82, 2.24) is 10.1 Å². The van der Waals surface area contributed by atoms with E-state index in [2.05, 4.69) is 5.16 Å². The van der Waals surface area contributed by atoms with Crippen molar-refractivity contribution < 1.29 is 23.6 Å². The number of hydrogen-bond acceptors (Lipinski definition) is 6. The number of ether oxygens (including phenoxy) is 2. The van der Waals surface area contributed by atoms with Gasteiger partial charge in [0.1, 0.15) is 18.1 Å².